The third-order valence-electron chi connectivity index (χ3n) is 5.42. The summed E-state index contributed by atoms with van der Waals surface area (Å²) in [5.41, 5.74) is 1.17. The van der Waals surface area contributed by atoms with Crippen molar-refractivity contribution in [2.24, 2.45) is 0 Å². The lowest BCUT2D eigenvalue weighted by atomic mass is 9.99. The average Bonchev–Trinajstić information content (AvgIpc) is 3.28. The van der Waals surface area contributed by atoms with Crippen molar-refractivity contribution in [2.75, 3.05) is 13.7 Å². The first-order valence-corrected chi connectivity index (χ1v) is 11.6. The zero-order valence-corrected chi connectivity index (χ0v) is 18.8. The molecule has 1 atom stereocenters. The van der Waals surface area contributed by atoms with E-state index in [0.717, 1.165) is 15.6 Å². The number of Topliss-reactive ketones (excluding diaryl/α,β-unsaturated/α-hetero) is 1. The molecule has 4 rings (SSSR count). The zero-order valence-electron chi connectivity index (χ0n) is 18.0. The molecule has 2 aromatic carbocycles. The molecule has 8 nitrogen and oxygen atoms in total. The molecular weight excluding hydrogens is 444 g/mol. The number of allylic oxidation sites excluding steroid dienone is 2. The van der Waals surface area contributed by atoms with Gasteiger partial charge in [-0.05, 0) is 42.8 Å². The number of fused-ring (bicyclic) bond motifs is 1. The number of ketones is 2. The number of aromatic nitrogens is 1. The first-order valence-electron chi connectivity index (χ1n) is 10.1. The Labute approximate surface area is 191 Å². The standard InChI is InChI=1S/C24H22N2O6S/c1-15-3-9-18(10-4-15)33(30,31)26-12-11-19-21(27)13-20(24(29)23(19)26)25-14-22(28)16-5-7-17(32-2)8-6-16/h3-13,22,25,28H,14H2,1-2H3. The van der Waals surface area contributed by atoms with E-state index >= 15 is 0 Å². The van der Waals surface area contributed by atoms with E-state index in [4.69, 9.17) is 4.74 Å². The molecule has 2 N–H and O–H groups in total. The van der Waals surface area contributed by atoms with Gasteiger partial charge in [0.2, 0.25) is 5.78 Å². The number of benzene rings is 2. The Bertz CT molecular complexity index is 1350. The van der Waals surface area contributed by atoms with Gasteiger partial charge >= 0.3 is 0 Å². The highest BCUT2D eigenvalue weighted by Crippen LogP contribution is 2.26. The number of hydrogen-bond acceptors (Lipinski definition) is 7. The molecule has 0 radical (unpaired) electrons. The third kappa shape index (κ3) is 4.20. The Morgan fingerprint density at radius 1 is 1.03 bits per heavy atom. The molecule has 9 heteroatoms. The summed E-state index contributed by atoms with van der Waals surface area (Å²) in [5, 5.41) is 13.2. The summed E-state index contributed by atoms with van der Waals surface area (Å²) in [6, 6.07) is 14.3. The summed E-state index contributed by atoms with van der Waals surface area (Å²) in [6.07, 6.45) is 1.36. The van der Waals surface area contributed by atoms with Crippen molar-refractivity contribution in [2.45, 2.75) is 17.9 Å². The molecular formula is C24H22N2O6S. The van der Waals surface area contributed by atoms with Gasteiger partial charge in [0.15, 0.2) is 5.78 Å². The highest BCUT2D eigenvalue weighted by molar-refractivity contribution is 7.90. The number of aliphatic hydroxyl groups is 1. The first kappa shape index (κ1) is 22.5. The molecule has 1 unspecified atom stereocenters. The molecule has 0 aliphatic heterocycles. The second-order valence-electron chi connectivity index (χ2n) is 7.61. The van der Waals surface area contributed by atoms with Crippen molar-refractivity contribution >= 4 is 21.6 Å². The van der Waals surface area contributed by atoms with Gasteiger partial charge in [-0.1, -0.05) is 29.8 Å². The van der Waals surface area contributed by atoms with Crippen LogP contribution in [0.15, 0.2) is 77.5 Å². The number of methoxy groups -OCH3 is 1. The Morgan fingerprint density at radius 2 is 1.70 bits per heavy atom. The number of aryl methyl sites for hydroxylation is 1. The van der Waals surface area contributed by atoms with E-state index in [1.54, 1.807) is 36.4 Å². The van der Waals surface area contributed by atoms with Gasteiger partial charge in [-0.2, -0.15) is 0 Å². The number of nitrogens with zero attached hydrogens (tertiary/aromatic N) is 1. The van der Waals surface area contributed by atoms with Crippen LogP contribution in [-0.4, -0.2) is 42.7 Å². The fraction of sp³-hybridized carbons (Fsp3) is 0.167. The second-order valence-corrected chi connectivity index (χ2v) is 9.43. The Kier molecular flexibility index (Phi) is 5.92. The van der Waals surface area contributed by atoms with Crippen molar-refractivity contribution in [3.8, 4) is 5.75 Å². The molecule has 0 saturated heterocycles. The third-order valence-corrected chi connectivity index (χ3v) is 7.11. The van der Waals surface area contributed by atoms with Crippen LogP contribution >= 0.6 is 0 Å². The van der Waals surface area contributed by atoms with Crippen molar-refractivity contribution in [3.05, 3.63) is 95.0 Å². The molecule has 3 aromatic rings. The zero-order chi connectivity index (χ0) is 23.8. The lowest BCUT2D eigenvalue weighted by molar-refractivity contribution is 0.0970. The molecule has 170 valence electrons. The lowest BCUT2D eigenvalue weighted by Gasteiger charge is -2.19. The van der Waals surface area contributed by atoms with Crippen LogP contribution in [0.3, 0.4) is 0 Å². The van der Waals surface area contributed by atoms with E-state index in [1.165, 1.54) is 31.5 Å². The number of ether oxygens (including phenoxy) is 1. The highest BCUT2D eigenvalue weighted by atomic mass is 32.2. The molecule has 33 heavy (non-hydrogen) atoms. The summed E-state index contributed by atoms with van der Waals surface area (Å²) in [5.74, 6) is -0.506. The predicted molar refractivity (Wildman–Crippen MR) is 121 cm³/mol. The van der Waals surface area contributed by atoms with Gasteiger partial charge in [-0.15, -0.1) is 0 Å². The second kappa shape index (κ2) is 8.68. The van der Waals surface area contributed by atoms with Crippen molar-refractivity contribution < 1.29 is 27.9 Å². The predicted octanol–water partition coefficient (Wildman–Crippen LogP) is 2.63. The number of carbonyl (C=O) groups is 2. The van der Waals surface area contributed by atoms with Gasteiger partial charge in [-0.25, -0.2) is 12.4 Å². The van der Waals surface area contributed by atoms with Crippen molar-refractivity contribution in [1.29, 1.82) is 0 Å². The van der Waals surface area contributed by atoms with E-state index in [2.05, 4.69) is 5.32 Å². The topological polar surface area (TPSA) is 115 Å². The summed E-state index contributed by atoms with van der Waals surface area (Å²) < 4.78 is 32.2. The fourth-order valence-electron chi connectivity index (χ4n) is 3.54. The molecule has 0 spiro atoms. The largest absolute Gasteiger partial charge is 0.497 e. The van der Waals surface area contributed by atoms with Crippen LogP contribution in [0.1, 0.15) is 38.1 Å². The molecule has 0 fully saturated rings. The monoisotopic (exact) mass is 466 g/mol. The van der Waals surface area contributed by atoms with Crippen LogP contribution in [0, 0.1) is 6.92 Å². The molecule has 0 bridgehead atoms. The first-order chi connectivity index (χ1) is 15.7. The maximum Gasteiger partial charge on any atom is 0.268 e. The van der Waals surface area contributed by atoms with Gasteiger partial charge < -0.3 is 15.2 Å². The van der Waals surface area contributed by atoms with Crippen LogP contribution in [-0.2, 0) is 10.0 Å². The minimum atomic E-state index is -4.09. The molecule has 1 aliphatic rings. The van der Waals surface area contributed by atoms with Crippen LogP contribution in [0.2, 0.25) is 0 Å². The average molecular weight is 467 g/mol. The maximum absolute atomic E-state index is 13.1. The van der Waals surface area contributed by atoms with Gasteiger partial charge in [0.1, 0.15) is 11.4 Å². The van der Waals surface area contributed by atoms with Crippen LogP contribution in [0.25, 0.3) is 0 Å². The molecule has 0 saturated carbocycles. The summed E-state index contributed by atoms with van der Waals surface area (Å²) in [4.78, 5) is 25.7. The van der Waals surface area contributed by atoms with E-state index in [0.29, 0.717) is 11.3 Å². The highest BCUT2D eigenvalue weighted by Gasteiger charge is 2.33. The number of carbonyl (C=O) groups excluding carboxylic acids is 2. The van der Waals surface area contributed by atoms with Crippen LogP contribution in [0.5, 0.6) is 5.75 Å². The minimum absolute atomic E-state index is 0.00531. The number of aliphatic hydroxyl groups excluding tert-OH is 1. The van der Waals surface area contributed by atoms with Gasteiger partial charge in [0.05, 0.1) is 29.4 Å². The summed E-state index contributed by atoms with van der Waals surface area (Å²) in [7, 11) is -2.55. The van der Waals surface area contributed by atoms with E-state index in [-0.39, 0.29) is 28.4 Å². The van der Waals surface area contributed by atoms with Crippen molar-refractivity contribution in [1.82, 2.24) is 9.29 Å². The molecule has 0 amide bonds. The van der Waals surface area contributed by atoms with E-state index in [1.807, 2.05) is 6.92 Å². The molecule has 1 aliphatic carbocycles. The Morgan fingerprint density at radius 3 is 2.33 bits per heavy atom. The molecule has 1 aromatic heterocycles. The SMILES string of the molecule is COc1ccc(C(O)CNC2=CC(=O)c3ccn(S(=O)(=O)c4ccc(C)cc4)c3C2=O)cc1. The molecule has 1 heterocycles. The van der Waals surface area contributed by atoms with Gasteiger partial charge in [-0.3, -0.25) is 9.59 Å². The minimum Gasteiger partial charge on any atom is -0.497 e. The smallest absolute Gasteiger partial charge is 0.268 e. The Hall–Kier alpha value is -3.69. The normalized spacial score (nSPS) is 14.5. The quantitative estimate of drug-likeness (QED) is 0.550. The van der Waals surface area contributed by atoms with Crippen molar-refractivity contribution in [3.63, 3.8) is 0 Å². The van der Waals surface area contributed by atoms with E-state index in [9.17, 15) is 23.1 Å². The summed E-state index contributed by atoms with van der Waals surface area (Å²) >= 11 is 0. The van der Waals surface area contributed by atoms with Crippen LogP contribution < -0.4 is 10.1 Å². The van der Waals surface area contributed by atoms with E-state index < -0.39 is 27.7 Å². The number of nitrogens with one attached hydrogen (secondary N) is 1. The van der Waals surface area contributed by atoms with Gasteiger partial charge in [0, 0.05) is 18.8 Å². The van der Waals surface area contributed by atoms with Crippen LogP contribution in [0.4, 0.5) is 0 Å². The lowest BCUT2D eigenvalue weighted by Crippen LogP contribution is -2.32. The number of rotatable bonds is 7. The Balaban J connectivity index is 1.59. The maximum atomic E-state index is 13.1. The summed E-state index contributed by atoms with van der Waals surface area (Å²) in [6.45, 7) is 1.77. The fourth-order valence-corrected chi connectivity index (χ4v) is 4.89. The van der Waals surface area contributed by atoms with Gasteiger partial charge in [0.25, 0.3) is 10.0 Å². The number of hydrogen-bond donors (Lipinski definition) is 2.